The van der Waals surface area contributed by atoms with Crippen molar-refractivity contribution in [3.05, 3.63) is 63.6 Å². The van der Waals surface area contributed by atoms with E-state index in [4.69, 9.17) is 4.74 Å². The van der Waals surface area contributed by atoms with E-state index in [0.29, 0.717) is 18.1 Å². The molecule has 1 atom stereocenters. The summed E-state index contributed by atoms with van der Waals surface area (Å²) in [6.07, 6.45) is 6.99. The number of nitrogens with one attached hydrogen (secondary N) is 1. The number of benzene rings is 1. The van der Waals surface area contributed by atoms with Gasteiger partial charge in [0, 0.05) is 24.6 Å². The van der Waals surface area contributed by atoms with Crippen molar-refractivity contribution in [1.29, 1.82) is 0 Å². The molecule has 0 spiro atoms. The van der Waals surface area contributed by atoms with Gasteiger partial charge in [0.1, 0.15) is 30.1 Å². The highest BCUT2D eigenvalue weighted by Crippen LogP contribution is 2.26. The number of β-amino-alcohol motifs (C(OH)–C–C–N with tert-alkyl or cyclic N) is 1. The second-order valence-electron chi connectivity index (χ2n) is 8.21. The van der Waals surface area contributed by atoms with E-state index < -0.39 is 6.10 Å². The van der Waals surface area contributed by atoms with E-state index in [1.54, 1.807) is 19.1 Å². The number of halogens is 1. The third kappa shape index (κ3) is 7.29. The maximum absolute atomic E-state index is 13.8. The number of unbranched alkanes of at least 4 members (excludes halogenated alkanes) is 1. The first-order valence-corrected chi connectivity index (χ1v) is 11.0. The fraction of sp³-hybridized carbons (Fsp3) is 0.500. The minimum absolute atomic E-state index is 0.107. The Labute approximate surface area is 182 Å². The zero-order valence-electron chi connectivity index (χ0n) is 18.3. The maximum atomic E-state index is 13.8. The zero-order chi connectivity index (χ0) is 22.2. The van der Waals surface area contributed by atoms with Gasteiger partial charge < -0.3 is 19.7 Å². The first kappa shape index (κ1) is 23.2. The van der Waals surface area contributed by atoms with Crippen LogP contribution < -0.4 is 10.3 Å². The molecule has 7 heteroatoms. The van der Waals surface area contributed by atoms with Gasteiger partial charge in [-0.25, -0.2) is 9.37 Å². The molecular weight excluding hydrogens is 397 g/mol. The molecule has 2 heterocycles. The van der Waals surface area contributed by atoms with Crippen LogP contribution in [0.25, 0.3) is 6.08 Å². The number of hydrogen-bond donors (Lipinski definition) is 2. The largest absolute Gasteiger partial charge is 0.491 e. The lowest BCUT2D eigenvalue weighted by Gasteiger charge is -2.32. The Morgan fingerprint density at radius 1 is 1.32 bits per heavy atom. The average Bonchev–Trinajstić information content (AvgIpc) is 2.72. The Balaban J connectivity index is 1.46. The van der Waals surface area contributed by atoms with Crippen LogP contribution in [0, 0.1) is 12.7 Å². The first-order chi connectivity index (χ1) is 14.9. The second kappa shape index (κ2) is 11.2. The van der Waals surface area contributed by atoms with Crippen molar-refractivity contribution in [2.24, 2.45) is 0 Å². The molecule has 168 valence electrons. The van der Waals surface area contributed by atoms with Gasteiger partial charge in [-0.3, -0.25) is 4.79 Å². The molecule has 1 aromatic heterocycles. The molecule has 1 aromatic carbocycles. The molecule has 1 aliphatic rings. The molecule has 31 heavy (non-hydrogen) atoms. The van der Waals surface area contributed by atoms with E-state index in [1.165, 1.54) is 12.1 Å². The Hall–Kier alpha value is -2.51. The summed E-state index contributed by atoms with van der Waals surface area (Å²) in [5, 5.41) is 10.4. The van der Waals surface area contributed by atoms with Crippen LogP contribution in [0.5, 0.6) is 5.75 Å². The predicted octanol–water partition coefficient (Wildman–Crippen LogP) is 3.65. The fourth-order valence-corrected chi connectivity index (χ4v) is 3.92. The molecule has 1 saturated heterocycles. The van der Waals surface area contributed by atoms with Crippen LogP contribution in [0.2, 0.25) is 0 Å². The Kier molecular flexibility index (Phi) is 8.37. The summed E-state index contributed by atoms with van der Waals surface area (Å²) in [6, 6.07) is 6.17. The minimum atomic E-state index is -0.668. The molecule has 0 saturated carbocycles. The van der Waals surface area contributed by atoms with Gasteiger partial charge in [-0.2, -0.15) is 0 Å². The molecule has 0 bridgehead atoms. The lowest BCUT2D eigenvalue weighted by atomic mass is 9.93. The van der Waals surface area contributed by atoms with Crippen LogP contribution in [-0.2, 0) is 0 Å². The number of nitrogens with zero attached hydrogens (tertiary/aromatic N) is 2. The number of rotatable bonds is 9. The summed E-state index contributed by atoms with van der Waals surface area (Å²) in [6.45, 7) is 6.13. The number of aromatic nitrogens is 2. The van der Waals surface area contributed by atoms with E-state index in [9.17, 15) is 14.3 Å². The van der Waals surface area contributed by atoms with Gasteiger partial charge in [0.2, 0.25) is 0 Å². The number of piperidine rings is 1. The van der Waals surface area contributed by atoms with Crippen molar-refractivity contribution in [2.45, 2.75) is 51.6 Å². The summed E-state index contributed by atoms with van der Waals surface area (Å²) in [5.41, 5.74) is 1.49. The predicted molar refractivity (Wildman–Crippen MR) is 120 cm³/mol. The minimum Gasteiger partial charge on any atom is -0.491 e. The number of aromatic amines is 1. The highest BCUT2D eigenvalue weighted by molar-refractivity contribution is 5.52. The van der Waals surface area contributed by atoms with E-state index in [0.717, 1.165) is 50.0 Å². The second-order valence-corrected chi connectivity index (χ2v) is 8.21. The van der Waals surface area contributed by atoms with Crippen molar-refractivity contribution in [3.8, 4) is 5.75 Å². The van der Waals surface area contributed by atoms with Crippen molar-refractivity contribution in [2.75, 3.05) is 26.2 Å². The average molecular weight is 430 g/mol. The van der Waals surface area contributed by atoms with Gasteiger partial charge in [0.15, 0.2) is 0 Å². The normalized spacial score (nSPS) is 16.6. The standard InChI is InChI=1S/C24H32FN3O3/c1-3-4-5-6-18-11-20(25)13-22(12-18)31-16-21(29)15-28-9-7-19(8-10-28)23-14-24(30)27-17(2)26-23/h5-6,11-14,19,21,29H,3-4,7-10,15-16H2,1-2H3,(H,26,27,30)/b6-5+. The van der Waals surface area contributed by atoms with Gasteiger partial charge in [0.05, 0.1) is 5.69 Å². The Bertz CT molecular complexity index is 936. The number of likely N-dealkylation sites (tertiary alicyclic amines) is 1. The summed E-state index contributed by atoms with van der Waals surface area (Å²) >= 11 is 0. The molecule has 6 nitrogen and oxygen atoms in total. The van der Waals surface area contributed by atoms with E-state index in [1.807, 2.05) is 12.2 Å². The van der Waals surface area contributed by atoms with Crippen LogP contribution in [0.4, 0.5) is 4.39 Å². The van der Waals surface area contributed by atoms with Gasteiger partial charge >= 0.3 is 0 Å². The van der Waals surface area contributed by atoms with Crippen molar-refractivity contribution < 1.29 is 14.2 Å². The molecule has 1 fully saturated rings. The smallest absolute Gasteiger partial charge is 0.251 e. The molecule has 0 amide bonds. The van der Waals surface area contributed by atoms with Crippen LogP contribution in [0.1, 0.15) is 55.6 Å². The molecule has 2 aromatic rings. The monoisotopic (exact) mass is 429 g/mol. The lowest BCUT2D eigenvalue weighted by molar-refractivity contribution is 0.0591. The maximum Gasteiger partial charge on any atom is 0.251 e. The highest BCUT2D eigenvalue weighted by atomic mass is 19.1. The van der Waals surface area contributed by atoms with Gasteiger partial charge in [0.25, 0.3) is 5.56 Å². The van der Waals surface area contributed by atoms with Crippen molar-refractivity contribution in [1.82, 2.24) is 14.9 Å². The summed E-state index contributed by atoms with van der Waals surface area (Å²) in [4.78, 5) is 21.0. The highest BCUT2D eigenvalue weighted by Gasteiger charge is 2.23. The van der Waals surface area contributed by atoms with Crippen LogP contribution >= 0.6 is 0 Å². The topological polar surface area (TPSA) is 78.5 Å². The first-order valence-electron chi connectivity index (χ1n) is 11.0. The molecule has 0 aliphatic carbocycles. The molecule has 1 aliphatic heterocycles. The molecular formula is C24H32FN3O3. The van der Waals surface area contributed by atoms with Crippen LogP contribution in [0.3, 0.4) is 0 Å². The number of aliphatic hydroxyl groups excluding tert-OH is 1. The number of ether oxygens (including phenoxy) is 1. The Morgan fingerprint density at radius 3 is 2.81 bits per heavy atom. The number of aliphatic hydroxyl groups is 1. The third-order valence-electron chi connectivity index (χ3n) is 5.46. The summed E-state index contributed by atoms with van der Waals surface area (Å²) in [5.74, 6) is 0.967. The lowest BCUT2D eigenvalue weighted by Crippen LogP contribution is -2.40. The molecule has 0 radical (unpaired) electrons. The summed E-state index contributed by atoms with van der Waals surface area (Å²) < 4.78 is 19.5. The number of H-pyrrole nitrogens is 1. The Morgan fingerprint density at radius 2 is 2.10 bits per heavy atom. The molecule has 3 rings (SSSR count). The van der Waals surface area contributed by atoms with Gasteiger partial charge in [-0.05, 0) is 57.0 Å². The molecule has 2 N–H and O–H groups in total. The fourth-order valence-electron chi connectivity index (χ4n) is 3.92. The van der Waals surface area contributed by atoms with Crippen molar-refractivity contribution >= 4 is 6.08 Å². The van der Waals surface area contributed by atoms with E-state index in [2.05, 4.69) is 21.8 Å². The van der Waals surface area contributed by atoms with Gasteiger partial charge in [-0.1, -0.05) is 25.5 Å². The van der Waals surface area contributed by atoms with Gasteiger partial charge in [-0.15, -0.1) is 0 Å². The SMILES string of the molecule is CCC/C=C/c1cc(F)cc(OCC(O)CN2CCC(c3cc(=O)[nH]c(C)n3)CC2)c1. The third-order valence-corrected chi connectivity index (χ3v) is 5.46. The van der Waals surface area contributed by atoms with Crippen LogP contribution in [0.15, 0.2) is 35.1 Å². The van der Waals surface area contributed by atoms with Crippen LogP contribution in [-0.4, -0.2) is 52.3 Å². The summed E-state index contributed by atoms with van der Waals surface area (Å²) in [7, 11) is 0. The number of aryl methyl sites for hydroxylation is 1. The zero-order valence-corrected chi connectivity index (χ0v) is 18.3. The van der Waals surface area contributed by atoms with Crippen molar-refractivity contribution in [3.63, 3.8) is 0 Å². The number of allylic oxidation sites excluding steroid dienone is 1. The molecule has 1 unspecified atom stereocenters. The number of hydrogen-bond acceptors (Lipinski definition) is 5. The van der Waals surface area contributed by atoms with E-state index in [-0.39, 0.29) is 23.9 Å². The van der Waals surface area contributed by atoms with E-state index >= 15 is 0 Å². The quantitative estimate of drug-likeness (QED) is 0.636.